The minimum absolute atomic E-state index is 0.0762. The summed E-state index contributed by atoms with van der Waals surface area (Å²) in [6.45, 7) is 5.34. The fourth-order valence-corrected chi connectivity index (χ4v) is 5.15. The van der Waals surface area contributed by atoms with Gasteiger partial charge in [-0.3, -0.25) is 0 Å². The van der Waals surface area contributed by atoms with Gasteiger partial charge in [-0.05, 0) is 57.6 Å². The van der Waals surface area contributed by atoms with Crippen LogP contribution >= 0.6 is 0 Å². The maximum Gasteiger partial charge on any atom is 0.338 e. The first-order valence-corrected chi connectivity index (χ1v) is 11.2. The van der Waals surface area contributed by atoms with Gasteiger partial charge in [0.05, 0.1) is 10.5 Å². The van der Waals surface area contributed by atoms with E-state index < -0.39 is 10.0 Å². The number of hydrogen-bond acceptors (Lipinski definition) is 5. The van der Waals surface area contributed by atoms with E-state index in [-0.39, 0.29) is 17.0 Å². The molecule has 0 aliphatic heterocycles. The summed E-state index contributed by atoms with van der Waals surface area (Å²) in [5, 5.41) is 0. The number of ether oxygens (including phenoxy) is 1. The van der Waals surface area contributed by atoms with E-state index >= 15 is 0 Å². The Morgan fingerprint density at radius 3 is 2.22 bits per heavy atom. The Kier molecular flexibility index (Phi) is 7.82. The van der Waals surface area contributed by atoms with E-state index in [2.05, 4.69) is 4.90 Å². The minimum atomic E-state index is -3.52. The number of hydrogen-bond donors (Lipinski definition) is 0. The first-order chi connectivity index (χ1) is 12.8. The lowest BCUT2D eigenvalue weighted by Gasteiger charge is -2.32. The van der Waals surface area contributed by atoms with E-state index in [0.717, 1.165) is 25.8 Å². The molecule has 0 amide bonds. The van der Waals surface area contributed by atoms with Gasteiger partial charge in [0, 0.05) is 25.6 Å². The van der Waals surface area contributed by atoms with Crippen LogP contribution < -0.4 is 0 Å². The summed E-state index contributed by atoms with van der Waals surface area (Å²) in [4.78, 5) is 14.9. The smallest absolute Gasteiger partial charge is 0.338 e. The highest BCUT2D eigenvalue weighted by molar-refractivity contribution is 7.89. The molecule has 1 saturated carbocycles. The van der Waals surface area contributed by atoms with Crippen molar-refractivity contribution in [3.8, 4) is 0 Å². The fraction of sp³-hybridized carbons (Fsp3) is 0.650. The van der Waals surface area contributed by atoms with Gasteiger partial charge in [-0.2, -0.15) is 4.31 Å². The Morgan fingerprint density at radius 1 is 1.07 bits per heavy atom. The first-order valence-electron chi connectivity index (χ1n) is 9.75. The van der Waals surface area contributed by atoms with E-state index in [1.54, 1.807) is 26.0 Å². The summed E-state index contributed by atoms with van der Waals surface area (Å²) < 4.78 is 32.3. The van der Waals surface area contributed by atoms with Gasteiger partial charge >= 0.3 is 5.97 Å². The molecular weight excluding hydrogens is 364 g/mol. The number of benzene rings is 1. The third-order valence-corrected chi connectivity index (χ3v) is 7.19. The Labute approximate surface area is 163 Å². The van der Waals surface area contributed by atoms with Crippen LogP contribution in [0.1, 0.15) is 49.9 Å². The standard InChI is InChI=1S/C20H32N2O4S/c1-5-22(6-2)27(24,25)18-13-11-16(12-14-18)20(23)26-19-10-8-7-9-17(19)15-21(3)4/h11-14,17,19H,5-10,15H2,1-4H3/t17-,19+/m0/s1. The maximum absolute atomic E-state index is 12.6. The Hall–Kier alpha value is -1.44. The van der Waals surface area contributed by atoms with Crippen molar-refractivity contribution in [2.24, 2.45) is 5.92 Å². The second-order valence-corrected chi connectivity index (χ2v) is 9.30. The predicted octanol–water partition coefficient (Wildman–Crippen LogP) is 2.99. The fourth-order valence-electron chi connectivity index (χ4n) is 3.69. The molecule has 0 aromatic heterocycles. The molecule has 1 aliphatic rings. The molecule has 0 heterocycles. The van der Waals surface area contributed by atoms with Crippen LogP contribution in [0.4, 0.5) is 0 Å². The normalized spacial score (nSPS) is 20.8. The molecule has 1 aromatic rings. The zero-order valence-electron chi connectivity index (χ0n) is 16.8. The van der Waals surface area contributed by atoms with Gasteiger partial charge in [0.1, 0.15) is 6.10 Å². The van der Waals surface area contributed by atoms with E-state index in [4.69, 9.17) is 4.74 Å². The molecule has 1 aromatic carbocycles. The van der Waals surface area contributed by atoms with Crippen molar-refractivity contribution in [1.82, 2.24) is 9.21 Å². The SMILES string of the molecule is CCN(CC)S(=O)(=O)c1ccc(C(=O)O[C@@H]2CCCC[C@H]2CN(C)C)cc1. The summed E-state index contributed by atoms with van der Waals surface area (Å²) in [6.07, 6.45) is 4.12. The number of carbonyl (C=O) groups is 1. The molecule has 0 bridgehead atoms. The highest BCUT2D eigenvalue weighted by Gasteiger charge is 2.29. The molecule has 0 saturated heterocycles. The molecule has 2 rings (SSSR count). The van der Waals surface area contributed by atoms with Gasteiger partial charge in [-0.25, -0.2) is 13.2 Å². The number of carbonyl (C=O) groups excluding carboxylic acids is 1. The molecule has 27 heavy (non-hydrogen) atoms. The van der Waals surface area contributed by atoms with Gasteiger partial charge < -0.3 is 9.64 Å². The molecule has 7 heteroatoms. The lowest BCUT2D eigenvalue weighted by atomic mass is 9.86. The summed E-state index contributed by atoms with van der Waals surface area (Å²) in [6, 6.07) is 6.07. The van der Waals surface area contributed by atoms with Crippen molar-refractivity contribution in [3.63, 3.8) is 0 Å². The van der Waals surface area contributed by atoms with Crippen LogP contribution in [0, 0.1) is 5.92 Å². The average molecular weight is 397 g/mol. The second kappa shape index (κ2) is 9.66. The predicted molar refractivity (Wildman–Crippen MR) is 106 cm³/mol. The number of sulfonamides is 1. The van der Waals surface area contributed by atoms with Gasteiger partial charge in [0.2, 0.25) is 10.0 Å². The Morgan fingerprint density at radius 2 is 1.67 bits per heavy atom. The molecule has 0 N–H and O–H groups in total. The van der Waals surface area contributed by atoms with Crippen LogP contribution in [0.15, 0.2) is 29.2 Å². The van der Waals surface area contributed by atoms with Crippen molar-refractivity contribution >= 4 is 16.0 Å². The molecule has 152 valence electrons. The summed E-state index contributed by atoms with van der Waals surface area (Å²) >= 11 is 0. The topological polar surface area (TPSA) is 66.9 Å². The molecular formula is C20H32N2O4S. The van der Waals surface area contributed by atoms with Crippen LogP contribution in [0.3, 0.4) is 0 Å². The molecule has 6 nitrogen and oxygen atoms in total. The minimum Gasteiger partial charge on any atom is -0.458 e. The zero-order valence-corrected chi connectivity index (χ0v) is 17.7. The largest absolute Gasteiger partial charge is 0.458 e. The van der Waals surface area contributed by atoms with Gasteiger partial charge in [-0.1, -0.05) is 20.3 Å². The lowest BCUT2D eigenvalue weighted by molar-refractivity contribution is -0.00325. The molecule has 0 radical (unpaired) electrons. The highest BCUT2D eigenvalue weighted by Crippen LogP contribution is 2.28. The van der Waals surface area contributed by atoms with E-state index in [1.165, 1.54) is 22.9 Å². The van der Waals surface area contributed by atoms with Crippen molar-refractivity contribution < 1.29 is 17.9 Å². The van der Waals surface area contributed by atoms with Crippen LogP contribution in [0.25, 0.3) is 0 Å². The Balaban J connectivity index is 2.09. The monoisotopic (exact) mass is 396 g/mol. The van der Waals surface area contributed by atoms with Gasteiger partial charge in [0.25, 0.3) is 0 Å². The van der Waals surface area contributed by atoms with E-state index in [1.807, 2.05) is 14.1 Å². The van der Waals surface area contributed by atoms with Crippen molar-refractivity contribution in [3.05, 3.63) is 29.8 Å². The molecule has 1 fully saturated rings. The molecule has 0 spiro atoms. The van der Waals surface area contributed by atoms with E-state index in [9.17, 15) is 13.2 Å². The molecule has 2 atom stereocenters. The number of esters is 1. The van der Waals surface area contributed by atoms with Crippen LogP contribution in [0.5, 0.6) is 0 Å². The average Bonchev–Trinajstić information content (AvgIpc) is 2.64. The summed E-state index contributed by atoms with van der Waals surface area (Å²) in [7, 11) is 0.543. The quantitative estimate of drug-likeness (QED) is 0.632. The van der Waals surface area contributed by atoms with Crippen LogP contribution in [0.2, 0.25) is 0 Å². The lowest BCUT2D eigenvalue weighted by Crippen LogP contribution is -2.36. The zero-order chi connectivity index (χ0) is 20.0. The van der Waals surface area contributed by atoms with Crippen molar-refractivity contribution in [2.45, 2.75) is 50.5 Å². The van der Waals surface area contributed by atoms with Crippen LogP contribution in [-0.4, -0.2) is 63.4 Å². The van der Waals surface area contributed by atoms with Gasteiger partial charge in [-0.15, -0.1) is 0 Å². The third-order valence-electron chi connectivity index (χ3n) is 5.13. The third kappa shape index (κ3) is 5.53. The molecule has 0 unspecified atom stereocenters. The van der Waals surface area contributed by atoms with Gasteiger partial charge in [0.15, 0.2) is 0 Å². The Bertz CT molecular complexity index is 712. The maximum atomic E-state index is 12.6. The number of nitrogens with zero attached hydrogens (tertiary/aromatic N) is 2. The summed E-state index contributed by atoms with van der Waals surface area (Å²) in [5.41, 5.74) is 0.391. The second-order valence-electron chi connectivity index (χ2n) is 7.36. The van der Waals surface area contributed by atoms with Crippen molar-refractivity contribution in [2.75, 3.05) is 33.7 Å². The van der Waals surface area contributed by atoms with Crippen molar-refractivity contribution in [1.29, 1.82) is 0 Å². The highest BCUT2D eigenvalue weighted by atomic mass is 32.2. The number of rotatable bonds is 8. The van der Waals surface area contributed by atoms with E-state index in [0.29, 0.717) is 24.6 Å². The molecule has 1 aliphatic carbocycles. The summed E-state index contributed by atoms with van der Waals surface area (Å²) in [5.74, 6) is -0.0301. The first kappa shape index (κ1) is 21.9. The van der Waals surface area contributed by atoms with Crippen LogP contribution in [-0.2, 0) is 14.8 Å².